The zero-order chi connectivity index (χ0) is 14.9. The molecule has 2 N–H and O–H groups in total. The fourth-order valence-corrected chi connectivity index (χ4v) is 1.66. The lowest BCUT2D eigenvalue weighted by atomic mass is 9.94. The van der Waals surface area contributed by atoms with E-state index in [1.165, 1.54) is 12.1 Å². The molecule has 0 aliphatic heterocycles. The van der Waals surface area contributed by atoms with Crippen LogP contribution in [0.2, 0.25) is 0 Å². The van der Waals surface area contributed by atoms with Crippen LogP contribution in [0.1, 0.15) is 25.3 Å². The lowest BCUT2D eigenvalue weighted by Gasteiger charge is -2.15. The second kappa shape index (κ2) is 5.01. The molecular formula is C13H16N4O3. The molecule has 0 amide bonds. The molecule has 106 valence electrons. The van der Waals surface area contributed by atoms with Crippen LogP contribution in [0.15, 0.2) is 22.7 Å². The van der Waals surface area contributed by atoms with E-state index < -0.39 is 10.3 Å². The first-order valence-electron chi connectivity index (χ1n) is 6.15. The third-order valence-electron chi connectivity index (χ3n) is 3.19. The summed E-state index contributed by atoms with van der Waals surface area (Å²) in [6.07, 6.45) is 0. The van der Waals surface area contributed by atoms with E-state index in [2.05, 4.69) is 10.1 Å². The summed E-state index contributed by atoms with van der Waals surface area (Å²) in [7, 11) is 0. The minimum atomic E-state index is -0.451. The smallest absolute Gasteiger partial charge is 0.270 e. The molecule has 0 fully saturated rings. The Morgan fingerprint density at radius 2 is 2.15 bits per heavy atom. The number of hydrogen-bond acceptors (Lipinski definition) is 6. The molecule has 1 heterocycles. The summed E-state index contributed by atoms with van der Waals surface area (Å²) in [5.41, 5.74) is 6.65. The van der Waals surface area contributed by atoms with Gasteiger partial charge in [0, 0.05) is 24.2 Å². The van der Waals surface area contributed by atoms with Gasteiger partial charge in [0.05, 0.1) is 10.3 Å². The highest BCUT2D eigenvalue weighted by Crippen LogP contribution is 2.28. The van der Waals surface area contributed by atoms with Crippen LogP contribution in [0.25, 0.3) is 11.4 Å². The first-order chi connectivity index (χ1) is 9.35. The summed E-state index contributed by atoms with van der Waals surface area (Å²) in [6, 6.07) is 4.56. The van der Waals surface area contributed by atoms with Crippen molar-refractivity contribution in [3.63, 3.8) is 0 Å². The SMILES string of the molecule is Cc1ccc([N+](=O)[O-])cc1-c1noc(C(C)(C)CN)n1. The first-order valence-corrected chi connectivity index (χ1v) is 6.15. The normalized spacial score (nSPS) is 11.6. The van der Waals surface area contributed by atoms with Crippen LogP contribution in [-0.2, 0) is 5.41 Å². The fraction of sp³-hybridized carbons (Fsp3) is 0.385. The van der Waals surface area contributed by atoms with E-state index in [4.69, 9.17) is 10.3 Å². The molecule has 1 aromatic heterocycles. The van der Waals surface area contributed by atoms with Crippen molar-refractivity contribution in [3.05, 3.63) is 39.8 Å². The van der Waals surface area contributed by atoms with Crippen molar-refractivity contribution in [2.75, 3.05) is 6.54 Å². The molecule has 0 aliphatic carbocycles. The van der Waals surface area contributed by atoms with E-state index in [0.717, 1.165) is 5.56 Å². The third kappa shape index (κ3) is 2.53. The average molecular weight is 276 g/mol. The molecule has 2 aromatic rings. The van der Waals surface area contributed by atoms with Crippen molar-refractivity contribution in [3.8, 4) is 11.4 Å². The van der Waals surface area contributed by atoms with Gasteiger partial charge in [-0.2, -0.15) is 4.98 Å². The Morgan fingerprint density at radius 3 is 2.75 bits per heavy atom. The molecule has 7 nitrogen and oxygen atoms in total. The minimum Gasteiger partial charge on any atom is -0.338 e. The maximum atomic E-state index is 10.8. The lowest BCUT2D eigenvalue weighted by molar-refractivity contribution is -0.384. The Hall–Kier alpha value is -2.28. The predicted molar refractivity (Wildman–Crippen MR) is 73.2 cm³/mol. The number of rotatable bonds is 4. The minimum absolute atomic E-state index is 0.00460. The lowest BCUT2D eigenvalue weighted by Crippen LogP contribution is -2.28. The Morgan fingerprint density at radius 1 is 1.45 bits per heavy atom. The van der Waals surface area contributed by atoms with Gasteiger partial charge in [0.2, 0.25) is 11.7 Å². The van der Waals surface area contributed by atoms with E-state index in [0.29, 0.717) is 23.8 Å². The first kappa shape index (κ1) is 14.1. The Kier molecular flexibility index (Phi) is 3.54. The molecule has 1 aromatic carbocycles. The highest BCUT2D eigenvalue weighted by atomic mass is 16.6. The molecule has 0 saturated heterocycles. The van der Waals surface area contributed by atoms with Gasteiger partial charge in [-0.05, 0) is 26.3 Å². The van der Waals surface area contributed by atoms with E-state index in [-0.39, 0.29) is 5.69 Å². The molecule has 0 radical (unpaired) electrons. The molecule has 0 spiro atoms. The highest BCUT2D eigenvalue weighted by molar-refractivity contribution is 5.63. The summed E-state index contributed by atoms with van der Waals surface area (Å²) >= 11 is 0. The van der Waals surface area contributed by atoms with Crippen LogP contribution in [0.3, 0.4) is 0 Å². The van der Waals surface area contributed by atoms with Crippen molar-refractivity contribution in [1.82, 2.24) is 10.1 Å². The van der Waals surface area contributed by atoms with E-state index in [9.17, 15) is 10.1 Å². The molecule has 0 bridgehead atoms. The van der Waals surface area contributed by atoms with E-state index >= 15 is 0 Å². The number of nitro benzene ring substituents is 1. The summed E-state index contributed by atoms with van der Waals surface area (Å²) < 4.78 is 5.22. The van der Waals surface area contributed by atoms with Crippen LogP contribution < -0.4 is 5.73 Å². The van der Waals surface area contributed by atoms with Gasteiger partial charge in [0.25, 0.3) is 5.69 Å². The van der Waals surface area contributed by atoms with Crippen LogP contribution >= 0.6 is 0 Å². The quantitative estimate of drug-likeness (QED) is 0.677. The van der Waals surface area contributed by atoms with Crippen molar-refractivity contribution < 1.29 is 9.45 Å². The van der Waals surface area contributed by atoms with Gasteiger partial charge in [-0.25, -0.2) is 0 Å². The fourth-order valence-electron chi connectivity index (χ4n) is 1.66. The van der Waals surface area contributed by atoms with Crippen LogP contribution in [0, 0.1) is 17.0 Å². The summed E-state index contributed by atoms with van der Waals surface area (Å²) in [6.45, 7) is 5.99. The second-order valence-electron chi connectivity index (χ2n) is 5.27. The summed E-state index contributed by atoms with van der Waals surface area (Å²) in [5, 5.41) is 14.7. The van der Waals surface area contributed by atoms with Gasteiger partial charge in [-0.15, -0.1) is 0 Å². The number of benzene rings is 1. The molecule has 0 aliphatic rings. The van der Waals surface area contributed by atoms with Crippen LogP contribution in [-0.4, -0.2) is 21.6 Å². The van der Waals surface area contributed by atoms with Crippen LogP contribution in [0.4, 0.5) is 5.69 Å². The number of hydrogen-bond donors (Lipinski definition) is 1. The van der Waals surface area contributed by atoms with Gasteiger partial charge in [0.15, 0.2) is 0 Å². The topological polar surface area (TPSA) is 108 Å². The van der Waals surface area contributed by atoms with Gasteiger partial charge < -0.3 is 10.3 Å². The van der Waals surface area contributed by atoms with Crippen LogP contribution in [0.5, 0.6) is 0 Å². The van der Waals surface area contributed by atoms with Crippen molar-refractivity contribution >= 4 is 5.69 Å². The van der Waals surface area contributed by atoms with E-state index in [1.807, 2.05) is 20.8 Å². The molecule has 0 unspecified atom stereocenters. The van der Waals surface area contributed by atoms with Gasteiger partial charge in [-0.3, -0.25) is 10.1 Å². The second-order valence-corrected chi connectivity index (χ2v) is 5.27. The van der Waals surface area contributed by atoms with Gasteiger partial charge in [0.1, 0.15) is 0 Å². The van der Waals surface area contributed by atoms with Crippen molar-refractivity contribution in [2.24, 2.45) is 5.73 Å². The molecule has 0 atom stereocenters. The number of nitro groups is 1. The zero-order valence-corrected chi connectivity index (χ0v) is 11.6. The molecule has 20 heavy (non-hydrogen) atoms. The Labute approximate surface area is 115 Å². The number of nitrogens with two attached hydrogens (primary N) is 1. The van der Waals surface area contributed by atoms with Crippen molar-refractivity contribution in [2.45, 2.75) is 26.2 Å². The Bertz CT molecular complexity index is 649. The highest BCUT2D eigenvalue weighted by Gasteiger charge is 2.27. The average Bonchev–Trinajstić information content (AvgIpc) is 2.89. The monoisotopic (exact) mass is 276 g/mol. The summed E-state index contributed by atoms with van der Waals surface area (Å²) in [5.74, 6) is 0.753. The molecular weight excluding hydrogens is 260 g/mol. The number of aryl methyl sites for hydroxylation is 1. The number of non-ortho nitro benzene ring substituents is 1. The number of nitrogens with zero attached hydrogens (tertiary/aromatic N) is 3. The third-order valence-corrected chi connectivity index (χ3v) is 3.19. The summed E-state index contributed by atoms with van der Waals surface area (Å²) in [4.78, 5) is 14.7. The molecule has 0 saturated carbocycles. The van der Waals surface area contributed by atoms with E-state index in [1.54, 1.807) is 6.07 Å². The standard InChI is InChI=1S/C13H16N4O3/c1-8-4-5-9(17(18)19)6-10(8)11-15-12(20-16-11)13(2,3)7-14/h4-6H,7,14H2,1-3H3. The largest absolute Gasteiger partial charge is 0.338 e. The van der Waals surface area contributed by atoms with Gasteiger partial charge >= 0.3 is 0 Å². The number of aromatic nitrogens is 2. The maximum Gasteiger partial charge on any atom is 0.270 e. The molecule has 2 rings (SSSR count). The Balaban J connectivity index is 2.47. The molecule has 7 heteroatoms. The van der Waals surface area contributed by atoms with Crippen molar-refractivity contribution in [1.29, 1.82) is 0 Å². The maximum absolute atomic E-state index is 10.8. The van der Waals surface area contributed by atoms with Gasteiger partial charge in [-0.1, -0.05) is 11.2 Å². The zero-order valence-electron chi connectivity index (χ0n) is 11.6. The predicted octanol–water partition coefficient (Wildman–Crippen LogP) is 2.19.